The van der Waals surface area contributed by atoms with Crippen LogP contribution < -0.4 is 10.1 Å². The molecule has 0 aromatic carbocycles. The Labute approximate surface area is 168 Å². The summed E-state index contributed by atoms with van der Waals surface area (Å²) in [6, 6.07) is 4.95. The first-order valence-corrected chi connectivity index (χ1v) is 10.8. The van der Waals surface area contributed by atoms with Gasteiger partial charge in [-0.1, -0.05) is 0 Å². The van der Waals surface area contributed by atoms with Crippen molar-refractivity contribution < 1.29 is 17.5 Å². The average Bonchev–Trinajstić information content (AvgIpc) is 3.35. The number of fused-ring (bicyclic) bond motifs is 1. The maximum absolute atomic E-state index is 14.1. The lowest BCUT2D eigenvalue weighted by Crippen LogP contribution is -2.28. The summed E-state index contributed by atoms with van der Waals surface area (Å²) in [5.41, 5.74) is 1.62. The number of imidazole rings is 1. The molecular formula is C20H23FN4O3S. The fraction of sp³-hybridized carbons (Fsp3) is 0.400. The van der Waals surface area contributed by atoms with Gasteiger partial charge in [-0.25, -0.2) is 18.4 Å². The van der Waals surface area contributed by atoms with E-state index in [0.29, 0.717) is 28.8 Å². The zero-order chi connectivity index (χ0) is 21.0. The molecule has 1 fully saturated rings. The van der Waals surface area contributed by atoms with Gasteiger partial charge in [-0.3, -0.25) is 4.40 Å². The molecule has 1 aliphatic carbocycles. The smallest absolute Gasteiger partial charge is 0.215 e. The van der Waals surface area contributed by atoms with Crippen LogP contribution in [0.5, 0.6) is 5.75 Å². The zero-order valence-corrected chi connectivity index (χ0v) is 17.5. The highest BCUT2D eigenvalue weighted by atomic mass is 32.2. The number of hydrogen-bond donors (Lipinski definition) is 1. The van der Waals surface area contributed by atoms with Gasteiger partial charge in [0.1, 0.15) is 22.1 Å². The summed E-state index contributed by atoms with van der Waals surface area (Å²) in [6.07, 6.45) is 5.15. The molecule has 9 heteroatoms. The molecule has 3 heterocycles. The first-order chi connectivity index (χ1) is 13.6. The number of methoxy groups -OCH3 is 1. The molecule has 0 aliphatic heterocycles. The summed E-state index contributed by atoms with van der Waals surface area (Å²) < 4.78 is 46.3. The lowest BCUT2D eigenvalue weighted by molar-refractivity contribution is 0.401. The lowest BCUT2D eigenvalue weighted by atomic mass is 10.2. The number of aromatic nitrogens is 3. The zero-order valence-electron chi connectivity index (χ0n) is 16.7. The Balaban J connectivity index is 1.89. The highest BCUT2D eigenvalue weighted by molar-refractivity contribution is 7.92. The molecule has 0 saturated heterocycles. The predicted octanol–water partition coefficient (Wildman–Crippen LogP) is 3.69. The highest BCUT2D eigenvalue weighted by Gasteiger charge is 2.34. The van der Waals surface area contributed by atoms with Crippen LogP contribution in [0.2, 0.25) is 0 Å². The van der Waals surface area contributed by atoms with Crippen LogP contribution in [0, 0.1) is 5.95 Å². The number of pyridine rings is 2. The van der Waals surface area contributed by atoms with Gasteiger partial charge >= 0.3 is 0 Å². The summed E-state index contributed by atoms with van der Waals surface area (Å²) in [6.45, 7) is 4.90. The number of nitrogens with zero attached hydrogens (tertiary/aromatic N) is 3. The molecule has 3 aromatic rings. The molecule has 4 rings (SSSR count). The first kappa shape index (κ1) is 19.6. The SMILES string of the molecule is COc1cc2ncc(-c3cc(F)nc(NC4CC4)c3)n2cc1S(=O)(=O)C(C)(C)C. The molecule has 0 spiro atoms. The van der Waals surface area contributed by atoms with Crippen molar-refractivity contribution in [3.05, 3.63) is 36.5 Å². The van der Waals surface area contributed by atoms with E-state index in [-0.39, 0.29) is 10.6 Å². The second-order valence-corrected chi connectivity index (χ2v) is 10.8. The maximum atomic E-state index is 14.1. The maximum Gasteiger partial charge on any atom is 0.215 e. The van der Waals surface area contributed by atoms with E-state index in [2.05, 4.69) is 15.3 Å². The van der Waals surface area contributed by atoms with E-state index in [9.17, 15) is 12.8 Å². The van der Waals surface area contributed by atoms with Crippen molar-refractivity contribution in [3.8, 4) is 17.0 Å². The van der Waals surface area contributed by atoms with Gasteiger partial charge in [0.25, 0.3) is 0 Å². The summed E-state index contributed by atoms with van der Waals surface area (Å²) in [5.74, 6) is 0.0618. The van der Waals surface area contributed by atoms with Crippen LogP contribution >= 0.6 is 0 Å². The normalized spacial score (nSPS) is 14.9. The summed E-state index contributed by atoms with van der Waals surface area (Å²) in [7, 11) is -2.26. The van der Waals surface area contributed by atoms with Crippen molar-refractivity contribution in [1.82, 2.24) is 14.4 Å². The van der Waals surface area contributed by atoms with Crippen molar-refractivity contribution in [3.63, 3.8) is 0 Å². The Hall–Kier alpha value is -2.68. The molecule has 0 atom stereocenters. The molecule has 1 aliphatic rings. The van der Waals surface area contributed by atoms with E-state index in [1.807, 2.05) is 0 Å². The minimum absolute atomic E-state index is 0.0603. The lowest BCUT2D eigenvalue weighted by Gasteiger charge is -2.21. The largest absolute Gasteiger partial charge is 0.495 e. The Morgan fingerprint density at radius 2 is 1.97 bits per heavy atom. The number of rotatable bonds is 5. The Morgan fingerprint density at radius 3 is 2.59 bits per heavy atom. The Kier molecular flexibility index (Phi) is 4.53. The number of halogens is 1. The van der Waals surface area contributed by atoms with E-state index < -0.39 is 20.5 Å². The van der Waals surface area contributed by atoms with E-state index >= 15 is 0 Å². The van der Waals surface area contributed by atoms with Crippen molar-refractivity contribution in [2.24, 2.45) is 0 Å². The van der Waals surface area contributed by atoms with Gasteiger partial charge in [0.2, 0.25) is 5.95 Å². The third kappa shape index (κ3) is 3.55. The van der Waals surface area contributed by atoms with Crippen molar-refractivity contribution >= 4 is 21.3 Å². The van der Waals surface area contributed by atoms with Gasteiger partial charge in [-0.05, 0) is 39.7 Å². The molecule has 0 unspecified atom stereocenters. The summed E-state index contributed by atoms with van der Waals surface area (Å²) in [5, 5.41) is 3.18. The summed E-state index contributed by atoms with van der Waals surface area (Å²) in [4.78, 5) is 8.30. The van der Waals surface area contributed by atoms with Gasteiger partial charge in [-0.15, -0.1) is 0 Å². The molecule has 0 amide bonds. The number of nitrogens with one attached hydrogen (secondary N) is 1. The molecule has 1 N–H and O–H groups in total. The quantitative estimate of drug-likeness (QED) is 0.636. The second-order valence-electron chi connectivity index (χ2n) is 8.18. The Morgan fingerprint density at radius 1 is 1.24 bits per heavy atom. The van der Waals surface area contributed by atoms with Crippen molar-refractivity contribution in [2.75, 3.05) is 12.4 Å². The molecule has 0 radical (unpaired) electrons. The summed E-state index contributed by atoms with van der Waals surface area (Å²) >= 11 is 0. The van der Waals surface area contributed by atoms with Gasteiger partial charge in [-0.2, -0.15) is 4.39 Å². The van der Waals surface area contributed by atoms with Crippen LogP contribution in [0.1, 0.15) is 33.6 Å². The average molecular weight is 418 g/mol. The van der Waals surface area contributed by atoms with Crippen LogP contribution in [0.4, 0.5) is 10.2 Å². The van der Waals surface area contributed by atoms with Gasteiger partial charge in [0.05, 0.1) is 23.7 Å². The topological polar surface area (TPSA) is 85.6 Å². The number of hydrogen-bond acceptors (Lipinski definition) is 6. The predicted molar refractivity (Wildman–Crippen MR) is 109 cm³/mol. The van der Waals surface area contributed by atoms with E-state index in [4.69, 9.17) is 4.74 Å². The van der Waals surface area contributed by atoms with Crippen molar-refractivity contribution in [1.29, 1.82) is 0 Å². The molecule has 3 aromatic heterocycles. The number of anilines is 1. The standard InChI is InChI=1S/C20H23FN4O3S/c1-20(2,3)29(26,27)16-11-25-14(10-22-19(25)9-15(16)28-4)12-7-17(21)24-18(8-12)23-13-5-6-13/h7-11,13H,5-6H2,1-4H3,(H,23,24). The van der Waals surface area contributed by atoms with Gasteiger partial charge in [0, 0.05) is 29.9 Å². The minimum Gasteiger partial charge on any atom is -0.495 e. The number of ether oxygens (including phenoxy) is 1. The van der Waals surface area contributed by atoms with Crippen LogP contribution in [-0.4, -0.2) is 40.7 Å². The Bertz CT molecular complexity index is 1190. The minimum atomic E-state index is -3.68. The van der Waals surface area contributed by atoms with Gasteiger partial charge < -0.3 is 10.1 Å². The fourth-order valence-corrected chi connectivity index (χ4v) is 4.36. The first-order valence-electron chi connectivity index (χ1n) is 9.34. The van der Waals surface area contributed by atoms with Gasteiger partial charge in [0.15, 0.2) is 9.84 Å². The molecule has 154 valence electrons. The van der Waals surface area contributed by atoms with E-state index in [1.165, 1.54) is 19.4 Å². The molecular weight excluding hydrogens is 395 g/mol. The molecule has 0 bridgehead atoms. The van der Waals surface area contributed by atoms with Crippen LogP contribution in [0.3, 0.4) is 0 Å². The second kappa shape index (κ2) is 6.69. The molecule has 1 saturated carbocycles. The van der Waals surface area contributed by atoms with Crippen molar-refractivity contribution in [2.45, 2.75) is 49.3 Å². The van der Waals surface area contributed by atoms with E-state index in [1.54, 1.807) is 43.5 Å². The monoisotopic (exact) mass is 418 g/mol. The molecule has 7 nitrogen and oxygen atoms in total. The van der Waals surface area contributed by atoms with Crippen LogP contribution in [0.25, 0.3) is 16.9 Å². The van der Waals surface area contributed by atoms with E-state index in [0.717, 1.165) is 12.8 Å². The third-order valence-corrected chi connectivity index (χ3v) is 7.41. The van der Waals surface area contributed by atoms with Crippen LogP contribution in [0.15, 0.2) is 35.5 Å². The third-order valence-electron chi connectivity index (χ3n) is 4.91. The number of sulfone groups is 1. The fourth-order valence-electron chi connectivity index (χ4n) is 3.05. The molecule has 29 heavy (non-hydrogen) atoms. The highest BCUT2D eigenvalue weighted by Crippen LogP contribution is 2.35. The van der Waals surface area contributed by atoms with Crippen LogP contribution in [-0.2, 0) is 9.84 Å².